The van der Waals surface area contributed by atoms with Crippen LogP contribution in [0.5, 0.6) is 0 Å². The maximum atomic E-state index is 12.1. The number of benzene rings is 1. The zero-order valence-corrected chi connectivity index (χ0v) is 13.5. The van der Waals surface area contributed by atoms with Crippen molar-refractivity contribution in [3.8, 4) is 0 Å². The molecule has 1 atom stereocenters. The molecule has 0 spiro atoms. The lowest BCUT2D eigenvalue weighted by Crippen LogP contribution is -2.32. The number of non-ortho nitro benzene ring substituents is 1. The number of carbonyl (C=O) groups excluding carboxylic acids is 1. The number of amides is 1. The molecule has 1 aromatic carbocycles. The summed E-state index contributed by atoms with van der Waals surface area (Å²) in [7, 11) is 0. The number of carboxylic acids is 1. The van der Waals surface area contributed by atoms with Crippen molar-refractivity contribution in [2.24, 2.45) is 10.2 Å². The van der Waals surface area contributed by atoms with E-state index in [1.165, 1.54) is 35.4 Å². The molecule has 1 amide bonds. The Morgan fingerprint density at radius 1 is 1.46 bits per heavy atom. The molecule has 1 saturated heterocycles. The van der Waals surface area contributed by atoms with E-state index in [9.17, 15) is 19.7 Å². The first-order chi connectivity index (χ1) is 11.4. The van der Waals surface area contributed by atoms with Gasteiger partial charge >= 0.3 is 5.97 Å². The van der Waals surface area contributed by atoms with Crippen LogP contribution in [0, 0.1) is 10.1 Å². The van der Waals surface area contributed by atoms with Crippen molar-refractivity contribution in [2.75, 3.05) is 6.54 Å². The molecule has 0 aromatic heterocycles. The van der Waals surface area contributed by atoms with Gasteiger partial charge in [0.1, 0.15) is 5.25 Å². The van der Waals surface area contributed by atoms with E-state index in [1.807, 2.05) is 0 Å². The largest absolute Gasteiger partial charge is 0.481 e. The summed E-state index contributed by atoms with van der Waals surface area (Å²) in [6.07, 6.45) is 1.13. The molecule has 24 heavy (non-hydrogen) atoms. The van der Waals surface area contributed by atoms with Crippen molar-refractivity contribution in [1.82, 2.24) is 4.90 Å². The van der Waals surface area contributed by atoms with Crippen molar-refractivity contribution in [3.63, 3.8) is 0 Å². The van der Waals surface area contributed by atoms with E-state index in [1.54, 1.807) is 6.92 Å². The Bertz CT molecular complexity index is 716. The lowest BCUT2D eigenvalue weighted by Gasteiger charge is -2.11. The molecule has 9 nitrogen and oxygen atoms in total. The number of nitro groups is 1. The third-order valence-electron chi connectivity index (χ3n) is 3.15. The number of rotatable bonds is 6. The van der Waals surface area contributed by atoms with Crippen molar-refractivity contribution in [2.45, 2.75) is 18.6 Å². The normalized spacial score (nSPS) is 19.4. The molecule has 1 aliphatic rings. The van der Waals surface area contributed by atoms with Crippen molar-refractivity contribution < 1.29 is 19.6 Å². The number of carboxylic acid groups (broad SMARTS) is 1. The lowest BCUT2D eigenvalue weighted by atomic mass is 10.2. The van der Waals surface area contributed by atoms with Gasteiger partial charge < -0.3 is 5.11 Å². The van der Waals surface area contributed by atoms with Crippen LogP contribution in [-0.4, -0.2) is 50.0 Å². The van der Waals surface area contributed by atoms with Gasteiger partial charge in [-0.15, -0.1) is 5.10 Å². The maximum absolute atomic E-state index is 12.1. The quantitative estimate of drug-likeness (QED) is 0.473. The van der Waals surface area contributed by atoms with Crippen LogP contribution < -0.4 is 0 Å². The van der Waals surface area contributed by atoms with Gasteiger partial charge in [0.15, 0.2) is 5.17 Å². The van der Waals surface area contributed by atoms with Crippen LogP contribution >= 0.6 is 11.8 Å². The fourth-order valence-corrected chi connectivity index (χ4v) is 3.14. The van der Waals surface area contributed by atoms with E-state index in [0.717, 1.165) is 11.8 Å². The van der Waals surface area contributed by atoms with Crippen LogP contribution in [0.4, 0.5) is 5.69 Å². The number of aliphatic carboxylic acids is 1. The molecule has 126 valence electrons. The van der Waals surface area contributed by atoms with Gasteiger partial charge in [-0.3, -0.25) is 24.6 Å². The smallest absolute Gasteiger partial charge is 0.305 e. The Morgan fingerprint density at radius 3 is 2.67 bits per heavy atom. The summed E-state index contributed by atoms with van der Waals surface area (Å²) in [5.41, 5.74) is 0.591. The second-order valence-electron chi connectivity index (χ2n) is 4.76. The predicted molar refractivity (Wildman–Crippen MR) is 89.1 cm³/mol. The highest BCUT2D eigenvalue weighted by Crippen LogP contribution is 2.29. The minimum Gasteiger partial charge on any atom is -0.481 e. The van der Waals surface area contributed by atoms with E-state index < -0.39 is 16.1 Å². The first-order valence-electron chi connectivity index (χ1n) is 6.97. The Kier molecular flexibility index (Phi) is 5.64. The van der Waals surface area contributed by atoms with Crippen LogP contribution in [0.1, 0.15) is 18.9 Å². The predicted octanol–water partition coefficient (Wildman–Crippen LogP) is 1.72. The van der Waals surface area contributed by atoms with Crippen molar-refractivity contribution in [3.05, 3.63) is 39.9 Å². The Hall–Kier alpha value is -2.75. The number of amidine groups is 1. The topological polar surface area (TPSA) is 125 Å². The van der Waals surface area contributed by atoms with E-state index in [4.69, 9.17) is 5.11 Å². The first kappa shape index (κ1) is 17.6. The highest BCUT2D eigenvalue weighted by atomic mass is 32.2. The summed E-state index contributed by atoms with van der Waals surface area (Å²) in [5, 5.41) is 26.9. The van der Waals surface area contributed by atoms with Crippen LogP contribution in [-0.2, 0) is 9.59 Å². The van der Waals surface area contributed by atoms with Crippen LogP contribution in [0.25, 0.3) is 0 Å². The Balaban J connectivity index is 2.10. The SMILES string of the molecule is CCN1C(=O)C(CC(=O)O)S/C1=N/N=C/c1ccc([N+](=O)[O-])cc1. The number of nitrogens with zero attached hydrogens (tertiary/aromatic N) is 4. The molecule has 1 aliphatic heterocycles. The summed E-state index contributed by atoms with van der Waals surface area (Å²) in [6.45, 7) is 2.13. The molecule has 1 unspecified atom stereocenters. The molecule has 1 N–H and O–H groups in total. The molecule has 1 heterocycles. The second kappa shape index (κ2) is 7.68. The van der Waals surface area contributed by atoms with Gasteiger partial charge in [0.2, 0.25) is 5.91 Å². The molecule has 10 heteroatoms. The van der Waals surface area contributed by atoms with Gasteiger partial charge in [-0.1, -0.05) is 11.8 Å². The molecule has 0 saturated carbocycles. The van der Waals surface area contributed by atoms with E-state index in [2.05, 4.69) is 10.2 Å². The third kappa shape index (κ3) is 4.16. The number of hydrogen-bond acceptors (Lipinski definition) is 7. The lowest BCUT2D eigenvalue weighted by molar-refractivity contribution is -0.384. The van der Waals surface area contributed by atoms with Crippen LogP contribution in [0.3, 0.4) is 0 Å². The number of hydrogen-bond donors (Lipinski definition) is 1. The minimum absolute atomic E-state index is 0.0240. The summed E-state index contributed by atoms with van der Waals surface area (Å²) < 4.78 is 0. The summed E-state index contributed by atoms with van der Waals surface area (Å²) >= 11 is 1.06. The Labute approximate surface area is 141 Å². The standard InChI is InChI=1S/C14H14N4O5S/c1-2-17-13(21)11(7-12(19)20)24-14(17)16-15-8-9-3-5-10(6-4-9)18(22)23/h3-6,8,11H,2,7H2,1H3,(H,19,20)/b15-8+,16-14+. The van der Waals surface area contributed by atoms with Gasteiger partial charge in [0.05, 0.1) is 17.6 Å². The maximum Gasteiger partial charge on any atom is 0.305 e. The van der Waals surface area contributed by atoms with E-state index in [0.29, 0.717) is 17.3 Å². The van der Waals surface area contributed by atoms with Crippen LogP contribution in [0.15, 0.2) is 34.5 Å². The average molecular weight is 350 g/mol. The summed E-state index contributed by atoms with van der Waals surface area (Å²) in [6, 6.07) is 5.76. The van der Waals surface area contributed by atoms with Crippen LogP contribution in [0.2, 0.25) is 0 Å². The number of thioether (sulfide) groups is 1. The molecular weight excluding hydrogens is 336 g/mol. The molecule has 1 aromatic rings. The highest BCUT2D eigenvalue weighted by molar-refractivity contribution is 8.15. The van der Waals surface area contributed by atoms with Gasteiger partial charge in [0.25, 0.3) is 5.69 Å². The second-order valence-corrected chi connectivity index (χ2v) is 5.93. The highest BCUT2D eigenvalue weighted by Gasteiger charge is 2.38. The third-order valence-corrected chi connectivity index (χ3v) is 4.32. The summed E-state index contributed by atoms with van der Waals surface area (Å²) in [5.74, 6) is -1.35. The zero-order chi connectivity index (χ0) is 17.7. The van der Waals surface area contributed by atoms with E-state index >= 15 is 0 Å². The molecule has 1 fully saturated rings. The number of carbonyl (C=O) groups is 2. The van der Waals surface area contributed by atoms with Gasteiger partial charge in [0, 0.05) is 18.7 Å². The van der Waals surface area contributed by atoms with E-state index in [-0.39, 0.29) is 18.0 Å². The zero-order valence-electron chi connectivity index (χ0n) is 12.7. The average Bonchev–Trinajstić information content (AvgIpc) is 2.82. The molecule has 0 aliphatic carbocycles. The fourth-order valence-electron chi connectivity index (χ4n) is 1.99. The number of nitro benzene ring substituents is 1. The minimum atomic E-state index is -1.05. The fraction of sp³-hybridized carbons (Fsp3) is 0.286. The van der Waals surface area contributed by atoms with Crippen molar-refractivity contribution >= 4 is 40.7 Å². The molecule has 0 bridgehead atoms. The molecule has 0 radical (unpaired) electrons. The molecule has 2 rings (SSSR count). The van der Waals surface area contributed by atoms with Gasteiger partial charge in [-0.2, -0.15) is 5.10 Å². The molecular formula is C14H14N4O5S. The monoisotopic (exact) mass is 350 g/mol. The first-order valence-corrected chi connectivity index (χ1v) is 7.85. The van der Waals surface area contributed by atoms with Gasteiger partial charge in [-0.05, 0) is 24.6 Å². The van der Waals surface area contributed by atoms with Crippen molar-refractivity contribution in [1.29, 1.82) is 0 Å². The Morgan fingerprint density at radius 2 is 2.12 bits per heavy atom. The summed E-state index contributed by atoms with van der Waals surface area (Å²) in [4.78, 5) is 34.3. The van der Waals surface area contributed by atoms with Gasteiger partial charge in [-0.25, -0.2) is 0 Å².